The molecule has 0 fully saturated rings. The van der Waals surface area contributed by atoms with Gasteiger partial charge in [0.05, 0.1) is 0 Å². The van der Waals surface area contributed by atoms with Crippen molar-refractivity contribution in [2.75, 3.05) is 13.2 Å². The molecule has 0 aliphatic heterocycles. The van der Waals surface area contributed by atoms with Gasteiger partial charge in [-0.05, 0) is 103 Å². The highest BCUT2D eigenvalue weighted by atomic mass is 16.6. The van der Waals surface area contributed by atoms with Crippen LogP contribution in [0, 0.1) is 0 Å². The van der Waals surface area contributed by atoms with Gasteiger partial charge in [-0.3, -0.25) is 14.4 Å². The second kappa shape index (κ2) is 68.8. The summed E-state index contributed by atoms with van der Waals surface area (Å²) in [4.78, 5) is 38.1. The molecule has 6 nitrogen and oxygen atoms in total. The molecule has 81 heavy (non-hydrogen) atoms. The number of rotatable bonds is 63. The molecular weight excluding hydrogens is 997 g/mol. The predicted molar refractivity (Wildman–Crippen MR) is 353 cm³/mol. The van der Waals surface area contributed by atoms with Gasteiger partial charge in [-0.2, -0.15) is 0 Å². The van der Waals surface area contributed by atoms with Crippen LogP contribution in [-0.2, 0) is 28.6 Å². The third-order valence-electron chi connectivity index (χ3n) is 15.1. The summed E-state index contributed by atoms with van der Waals surface area (Å²) in [6.45, 7) is 6.48. The smallest absolute Gasteiger partial charge is 0.306 e. The second-order valence-electron chi connectivity index (χ2n) is 23.1. The predicted octanol–water partition coefficient (Wildman–Crippen LogP) is 24.0. The highest BCUT2D eigenvalue weighted by Gasteiger charge is 2.19. The summed E-state index contributed by atoms with van der Waals surface area (Å²) >= 11 is 0. The van der Waals surface area contributed by atoms with Gasteiger partial charge in [0.15, 0.2) is 6.10 Å². The van der Waals surface area contributed by atoms with Crippen molar-refractivity contribution in [2.45, 2.75) is 348 Å². The van der Waals surface area contributed by atoms with E-state index in [1.807, 2.05) is 0 Å². The molecule has 1 atom stereocenters. The van der Waals surface area contributed by atoms with Gasteiger partial charge in [-0.1, -0.05) is 317 Å². The van der Waals surface area contributed by atoms with E-state index in [9.17, 15) is 14.4 Å². The number of hydrogen-bond acceptors (Lipinski definition) is 6. The lowest BCUT2D eigenvalue weighted by molar-refractivity contribution is -0.167. The minimum atomic E-state index is -0.789. The Morgan fingerprint density at radius 2 is 0.481 bits per heavy atom. The van der Waals surface area contributed by atoms with Crippen LogP contribution in [0.25, 0.3) is 0 Å². The van der Waals surface area contributed by atoms with Gasteiger partial charge in [-0.25, -0.2) is 0 Å². The highest BCUT2D eigenvalue weighted by molar-refractivity contribution is 5.71. The molecule has 0 aromatic heterocycles. The Bertz CT molecular complexity index is 1580. The summed E-state index contributed by atoms with van der Waals surface area (Å²) in [7, 11) is 0. The number of unbranched alkanes of at least 4 members (excludes halogenated alkanes) is 36. The summed E-state index contributed by atoms with van der Waals surface area (Å²) < 4.78 is 16.8. The quantitative estimate of drug-likeness (QED) is 0.0261. The summed E-state index contributed by atoms with van der Waals surface area (Å²) in [6, 6.07) is 0. The topological polar surface area (TPSA) is 78.9 Å². The number of ether oxygens (including phenoxy) is 3. The molecule has 0 amide bonds. The first-order valence-corrected chi connectivity index (χ1v) is 34.7. The fourth-order valence-electron chi connectivity index (χ4n) is 9.89. The fraction of sp³-hybridized carbons (Fsp3) is 0.747. The summed E-state index contributed by atoms with van der Waals surface area (Å²) in [5.74, 6) is -0.905. The molecule has 0 radical (unpaired) electrons. The molecule has 0 N–H and O–H groups in total. The standard InChI is InChI=1S/C75H130O6/c1-4-7-10-13-16-18-20-22-24-26-28-30-32-33-34-35-36-37-38-39-40-41-43-44-46-48-50-52-54-56-59-62-65-68-74(77)80-71-72(70-79-73(76)67-64-61-58-15-12-9-6-3)81-75(78)69-66-63-60-57-55-53-51-49-47-45-42-31-29-27-25-23-21-19-17-14-11-8-5-2/h8,11,17,19-20,22-23,25-26,28-29,31,45,47,51,53,72H,4-7,9-10,12-16,18,21,24,27,30,32-44,46,48-50,52,54-71H2,1-3H3/b11-8-,19-17-,22-20-,25-23-,28-26-,31-29-,47-45-,53-51-. The van der Waals surface area contributed by atoms with Crippen LogP contribution in [0.1, 0.15) is 342 Å². The van der Waals surface area contributed by atoms with E-state index >= 15 is 0 Å². The van der Waals surface area contributed by atoms with Crippen molar-refractivity contribution in [1.29, 1.82) is 0 Å². The van der Waals surface area contributed by atoms with E-state index in [-0.39, 0.29) is 31.1 Å². The number of carbonyl (C=O) groups excluding carboxylic acids is 3. The minimum Gasteiger partial charge on any atom is -0.462 e. The van der Waals surface area contributed by atoms with E-state index in [1.54, 1.807) is 0 Å². The lowest BCUT2D eigenvalue weighted by Crippen LogP contribution is -2.30. The van der Waals surface area contributed by atoms with E-state index in [0.717, 1.165) is 116 Å². The lowest BCUT2D eigenvalue weighted by atomic mass is 10.0. The van der Waals surface area contributed by atoms with E-state index < -0.39 is 6.10 Å². The third-order valence-corrected chi connectivity index (χ3v) is 15.1. The van der Waals surface area contributed by atoms with Gasteiger partial charge in [0.25, 0.3) is 0 Å². The molecule has 0 rings (SSSR count). The van der Waals surface area contributed by atoms with Gasteiger partial charge in [-0.15, -0.1) is 0 Å². The Balaban J connectivity index is 4.07. The van der Waals surface area contributed by atoms with Crippen LogP contribution in [0.5, 0.6) is 0 Å². The Labute approximate surface area is 502 Å². The highest BCUT2D eigenvalue weighted by Crippen LogP contribution is 2.17. The van der Waals surface area contributed by atoms with Crippen molar-refractivity contribution in [2.24, 2.45) is 0 Å². The zero-order chi connectivity index (χ0) is 58.5. The third kappa shape index (κ3) is 67.0. The largest absolute Gasteiger partial charge is 0.462 e. The van der Waals surface area contributed by atoms with Gasteiger partial charge in [0, 0.05) is 19.3 Å². The molecule has 6 heteroatoms. The summed E-state index contributed by atoms with van der Waals surface area (Å²) in [5, 5.41) is 0. The maximum Gasteiger partial charge on any atom is 0.306 e. The van der Waals surface area contributed by atoms with E-state index in [4.69, 9.17) is 14.2 Å². The maximum absolute atomic E-state index is 12.9. The lowest BCUT2D eigenvalue weighted by Gasteiger charge is -2.18. The molecule has 466 valence electrons. The number of hydrogen-bond donors (Lipinski definition) is 0. The molecule has 0 aliphatic carbocycles. The van der Waals surface area contributed by atoms with Crippen LogP contribution >= 0.6 is 0 Å². The summed E-state index contributed by atoms with van der Waals surface area (Å²) in [5.41, 5.74) is 0. The first-order chi connectivity index (χ1) is 40.0. The molecule has 0 aromatic carbocycles. The van der Waals surface area contributed by atoms with Gasteiger partial charge in [0.1, 0.15) is 13.2 Å². The Morgan fingerprint density at radius 1 is 0.259 bits per heavy atom. The Kier molecular flexibility index (Phi) is 65.7. The van der Waals surface area contributed by atoms with Crippen molar-refractivity contribution in [3.8, 4) is 0 Å². The Morgan fingerprint density at radius 3 is 0.753 bits per heavy atom. The van der Waals surface area contributed by atoms with E-state index in [1.165, 1.54) is 186 Å². The minimum absolute atomic E-state index is 0.0849. The molecule has 0 aromatic rings. The van der Waals surface area contributed by atoms with Gasteiger partial charge < -0.3 is 14.2 Å². The molecule has 1 unspecified atom stereocenters. The zero-order valence-corrected chi connectivity index (χ0v) is 53.5. The second-order valence-corrected chi connectivity index (χ2v) is 23.1. The molecule has 0 aliphatic rings. The SMILES string of the molecule is CC/C=C\C/C=C\C/C=C\C/C=C\C/C=C\C/C=C\CCCCCCC(=O)OC(COC(=O)CCCCCCCCC)COC(=O)CCCCCCCCCCCCCCCCCCCCCCC/C=C\C/C=C\CCCCCCC. The molecule has 0 saturated heterocycles. The van der Waals surface area contributed by atoms with E-state index in [0.29, 0.717) is 19.3 Å². The fourth-order valence-corrected chi connectivity index (χ4v) is 9.89. The molecule has 0 saturated carbocycles. The molecule has 0 bridgehead atoms. The molecular formula is C75H130O6. The van der Waals surface area contributed by atoms with Gasteiger partial charge in [0.2, 0.25) is 0 Å². The van der Waals surface area contributed by atoms with Crippen molar-refractivity contribution < 1.29 is 28.6 Å². The van der Waals surface area contributed by atoms with Crippen molar-refractivity contribution in [3.05, 3.63) is 97.2 Å². The maximum atomic E-state index is 12.9. The van der Waals surface area contributed by atoms with Crippen LogP contribution < -0.4 is 0 Å². The number of allylic oxidation sites excluding steroid dienone is 16. The zero-order valence-electron chi connectivity index (χ0n) is 53.5. The van der Waals surface area contributed by atoms with Gasteiger partial charge >= 0.3 is 17.9 Å². The van der Waals surface area contributed by atoms with Crippen molar-refractivity contribution in [1.82, 2.24) is 0 Å². The van der Waals surface area contributed by atoms with Crippen LogP contribution in [0.2, 0.25) is 0 Å². The number of carbonyl (C=O) groups is 3. The molecule has 0 heterocycles. The average molecular weight is 1130 g/mol. The monoisotopic (exact) mass is 1130 g/mol. The van der Waals surface area contributed by atoms with Crippen LogP contribution in [0.4, 0.5) is 0 Å². The molecule has 0 spiro atoms. The first kappa shape index (κ1) is 77.3. The number of esters is 3. The Hall–Kier alpha value is -3.67. The van der Waals surface area contributed by atoms with Crippen LogP contribution in [0.3, 0.4) is 0 Å². The van der Waals surface area contributed by atoms with Crippen LogP contribution in [0.15, 0.2) is 97.2 Å². The van der Waals surface area contributed by atoms with Crippen molar-refractivity contribution in [3.63, 3.8) is 0 Å². The van der Waals surface area contributed by atoms with Crippen molar-refractivity contribution >= 4 is 17.9 Å². The van der Waals surface area contributed by atoms with E-state index in [2.05, 4.69) is 118 Å². The summed E-state index contributed by atoms with van der Waals surface area (Å²) in [6.07, 6.45) is 93.3. The average Bonchev–Trinajstić information content (AvgIpc) is 3.46. The van der Waals surface area contributed by atoms with Crippen LogP contribution in [-0.4, -0.2) is 37.2 Å². The first-order valence-electron chi connectivity index (χ1n) is 34.7. The normalized spacial score (nSPS) is 12.7.